The monoisotopic (exact) mass is 422 g/mol. The van der Waals surface area contributed by atoms with Gasteiger partial charge in [0.15, 0.2) is 0 Å². The van der Waals surface area contributed by atoms with Crippen LogP contribution in [0.4, 0.5) is 4.39 Å². The Morgan fingerprint density at radius 1 is 1.34 bits per heavy atom. The highest BCUT2D eigenvalue weighted by Crippen LogP contribution is 2.43. The number of hydrogen-bond donors (Lipinski definition) is 1. The van der Waals surface area contributed by atoms with Crippen molar-refractivity contribution in [2.45, 2.75) is 72.2 Å². The van der Waals surface area contributed by atoms with Crippen molar-refractivity contribution in [1.82, 2.24) is 4.90 Å². The number of rotatable bonds is 8. The van der Waals surface area contributed by atoms with Crippen LogP contribution >= 0.6 is 0 Å². The molecule has 2 rings (SSSR count). The summed E-state index contributed by atoms with van der Waals surface area (Å²) in [5.74, 6) is -0.822. The van der Waals surface area contributed by atoms with Gasteiger partial charge in [0.05, 0.1) is 6.10 Å². The summed E-state index contributed by atoms with van der Waals surface area (Å²) in [6, 6.07) is 6.24. The Balaban J connectivity index is 2.47. The van der Waals surface area contributed by atoms with E-state index in [0.717, 1.165) is 12.0 Å². The fourth-order valence-electron chi connectivity index (χ4n) is 4.63. The van der Waals surface area contributed by atoms with Crippen molar-refractivity contribution in [1.29, 1.82) is 0 Å². The standard InChI is InChI=1S/C23H37FNO3Si/c1-8-15(2)20(22(26)27)25-13-18(16-10-9-11-17(24)12-16)19(14-25)21(23(3,4)5)28-29(6)7/h9-12,15,18-21H,8,13-14H2,1-7H3,(H,26,27)/t15-,18-,19+,20-,21?/m1/s1. The lowest BCUT2D eigenvalue weighted by atomic mass is 9.75. The smallest absolute Gasteiger partial charge is 0.321 e. The highest BCUT2D eigenvalue weighted by molar-refractivity contribution is 6.48. The Bertz CT molecular complexity index is 691. The second kappa shape index (κ2) is 9.71. The van der Waals surface area contributed by atoms with E-state index in [4.69, 9.17) is 4.43 Å². The predicted molar refractivity (Wildman–Crippen MR) is 117 cm³/mol. The van der Waals surface area contributed by atoms with Gasteiger partial charge in [-0.3, -0.25) is 9.69 Å². The second-order valence-electron chi connectivity index (χ2n) is 9.76. The predicted octanol–water partition coefficient (Wildman–Crippen LogP) is 5.02. The van der Waals surface area contributed by atoms with Gasteiger partial charge in [0.25, 0.3) is 0 Å². The van der Waals surface area contributed by atoms with Crippen LogP contribution in [0, 0.1) is 23.1 Å². The summed E-state index contributed by atoms with van der Waals surface area (Å²) in [7, 11) is -0.948. The molecule has 0 bridgehead atoms. The van der Waals surface area contributed by atoms with Crippen molar-refractivity contribution in [2.75, 3.05) is 13.1 Å². The molecule has 1 saturated heterocycles. The fraction of sp³-hybridized carbons (Fsp3) is 0.696. The van der Waals surface area contributed by atoms with E-state index in [9.17, 15) is 14.3 Å². The fourth-order valence-corrected chi connectivity index (χ4v) is 5.66. The Hall–Kier alpha value is -1.24. The van der Waals surface area contributed by atoms with Crippen LogP contribution in [0.25, 0.3) is 0 Å². The van der Waals surface area contributed by atoms with Gasteiger partial charge in [-0.05, 0) is 42.1 Å². The molecular formula is C23H37FNO3Si. The van der Waals surface area contributed by atoms with E-state index < -0.39 is 21.1 Å². The Labute approximate surface area is 177 Å². The van der Waals surface area contributed by atoms with Crippen LogP contribution in [0.3, 0.4) is 0 Å². The zero-order valence-electron chi connectivity index (χ0n) is 18.9. The number of aliphatic carboxylic acids is 1. The van der Waals surface area contributed by atoms with Gasteiger partial charge in [0, 0.05) is 24.9 Å². The molecule has 1 heterocycles. The van der Waals surface area contributed by atoms with Crippen molar-refractivity contribution in [2.24, 2.45) is 17.3 Å². The maximum Gasteiger partial charge on any atom is 0.321 e. The molecule has 1 unspecified atom stereocenters. The number of likely N-dealkylation sites (tertiary alicyclic amines) is 1. The average molecular weight is 423 g/mol. The minimum Gasteiger partial charge on any atom is -0.480 e. The SMILES string of the molecule is CC[C@@H](C)[C@H](C(=O)O)N1C[C@H](c2cccc(F)c2)[C@@H](C(O[Si](C)C)C(C)(C)C)C1. The van der Waals surface area contributed by atoms with E-state index >= 15 is 0 Å². The van der Waals surface area contributed by atoms with Crippen molar-refractivity contribution in [3.63, 3.8) is 0 Å². The molecule has 1 aromatic carbocycles. The van der Waals surface area contributed by atoms with Gasteiger partial charge in [-0.15, -0.1) is 0 Å². The molecule has 1 aromatic rings. The highest BCUT2D eigenvalue weighted by atomic mass is 28.3. The number of halogens is 1. The van der Waals surface area contributed by atoms with E-state index in [1.807, 2.05) is 19.9 Å². The highest BCUT2D eigenvalue weighted by Gasteiger charge is 2.47. The first-order chi connectivity index (χ1) is 13.5. The molecule has 163 valence electrons. The van der Waals surface area contributed by atoms with Crippen LogP contribution in [0.2, 0.25) is 13.1 Å². The van der Waals surface area contributed by atoms with Crippen LogP contribution < -0.4 is 0 Å². The lowest BCUT2D eigenvalue weighted by Crippen LogP contribution is -2.46. The first-order valence-electron chi connectivity index (χ1n) is 10.6. The zero-order chi connectivity index (χ0) is 21.9. The number of carboxylic acids is 1. The molecule has 5 atom stereocenters. The molecule has 0 spiro atoms. The van der Waals surface area contributed by atoms with Gasteiger partial charge in [-0.25, -0.2) is 4.39 Å². The van der Waals surface area contributed by atoms with Gasteiger partial charge >= 0.3 is 5.97 Å². The summed E-state index contributed by atoms with van der Waals surface area (Å²) < 4.78 is 20.5. The lowest BCUT2D eigenvalue weighted by Gasteiger charge is -2.39. The third-order valence-electron chi connectivity index (χ3n) is 6.10. The van der Waals surface area contributed by atoms with Crippen LogP contribution in [0.5, 0.6) is 0 Å². The third kappa shape index (κ3) is 5.89. The van der Waals surface area contributed by atoms with Gasteiger partial charge < -0.3 is 9.53 Å². The molecule has 0 amide bonds. The Morgan fingerprint density at radius 3 is 2.48 bits per heavy atom. The van der Waals surface area contributed by atoms with Gasteiger partial charge in [-0.1, -0.05) is 53.2 Å². The minimum absolute atomic E-state index is 0.0176. The molecule has 4 nitrogen and oxygen atoms in total. The molecular weight excluding hydrogens is 385 g/mol. The van der Waals surface area contributed by atoms with Crippen molar-refractivity contribution >= 4 is 15.0 Å². The number of hydrogen-bond acceptors (Lipinski definition) is 3. The molecule has 1 radical (unpaired) electrons. The van der Waals surface area contributed by atoms with E-state index in [0.29, 0.717) is 13.1 Å². The molecule has 1 fully saturated rings. The molecule has 29 heavy (non-hydrogen) atoms. The maximum atomic E-state index is 14.0. The maximum absolute atomic E-state index is 14.0. The average Bonchev–Trinajstić information content (AvgIpc) is 3.02. The van der Waals surface area contributed by atoms with E-state index in [2.05, 4.69) is 38.8 Å². The Morgan fingerprint density at radius 2 is 2.00 bits per heavy atom. The van der Waals surface area contributed by atoms with Crippen LogP contribution in [-0.2, 0) is 9.22 Å². The van der Waals surface area contributed by atoms with E-state index in [1.165, 1.54) is 6.07 Å². The third-order valence-corrected chi connectivity index (χ3v) is 6.83. The van der Waals surface area contributed by atoms with Gasteiger partial charge in [0.1, 0.15) is 11.9 Å². The Kier molecular flexibility index (Phi) is 8.05. The lowest BCUT2D eigenvalue weighted by molar-refractivity contribution is -0.145. The van der Waals surface area contributed by atoms with E-state index in [-0.39, 0.29) is 35.1 Å². The van der Waals surface area contributed by atoms with E-state index in [1.54, 1.807) is 12.1 Å². The summed E-state index contributed by atoms with van der Waals surface area (Å²) in [4.78, 5) is 14.2. The summed E-state index contributed by atoms with van der Waals surface area (Å²) >= 11 is 0. The molecule has 1 aliphatic heterocycles. The van der Waals surface area contributed by atoms with Gasteiger partial charge in [0.2, 0.25) is 9.04 Å². The second-order valence-corrected chi connectivity index (χ2v) is 11.8. The summed E-state index contributed by atoms with van der Waals surface area (Å²) in [6.45, 7) is 16.1. The zero-order valence-corrected chi connectivity index (χ0v) is 19.9. The topological polar surface area (TPSA) is 49.8 Å². The number of carbonyl (C=O) groups is 1. The summed E-state index contributed by atoms with van der Waals surface area (Å²) in [6.07, 6.45) is 0.787. The number of nitrogens with zero attached hydrogens (tertiary/aromatic N) is 1. The summed E-state index contributed by atoms with van der Waals surface area (Å²) in [5, 5.41) is 9.94. The first-order valence-corrected chi connectivity index (χ1v) is 13.1. The minimum atomic E-state index is -0.948. The largest absolute Gasteiger partial charge is 0.480 e. The molecule has 0 aromatic heterocycles. The normalized spacial score (nSPS) is 23.9. The van der Waals surface area contributed by atoms with Crippen molar-refractivity contribution < 1.29 is 18.7 Å². The molecule has 6 heteroatoms. The van der Waals surface area contributed by atoms with Crippen LogP contribution in [-0.4, -0.2) is 50.3 Å². The summed E-state index contributed by atoms with van der Waals surface area (Å²) in [5.41, 5.74) is 0.841. The van der Waals surface area contributed by atoms with Crippen LogP contribution in [0.15, 0.2) is 24.3 Å². The van der Waals surface area contributed by atoms with Gasteiger partial charge in [-0.2, -0.15) is 0 Å². The molecule has 1 N–H and O–H groups in total. The number of carboxylic acid groups (broad SMARTS) is 1. The molecule has 1 aliphatic rings. The van der Waals surface area contributed by atoms with Crippen molar-refractivity contribution in [3.8, 4) is 0 Å². The number of benzene rings is 1. The quantitative estimate of drug-likeness (QED) is 0.598. The molecule has 0 aliphatic carbocycles. The first kappa shape index (κ1) is 24.0. The van der Waals surface area contributed by atoms with Crippen molar-refractivity contribution in [3.05, 3.63) is 35.6 Å². The van der Waals surface area contributed by atoms with Crippen LogP contribution in [0.1, 0.15) is 52.5 Å². The molecule has 0 saturated carbocycles.